The number of hydrogen-bond donors (Lipinski definition) is 2. The van der Waals surface area contributed by atoms with Gasteiger partial charge >= 0.3 is 0 Å². The highest BCUT2D eigenvalue weighted by Crippen LogP contribution is 2.43. The molecule has 5 aromatic rings. The number of aromatic nitrogens is 5. The van der Waals surface area contributed by atoms with Gasteiger partial charge in [0.05, 0.1) is 23.5 Å². The zero-order chi connectivity index (χ0) is 32.0. The van der Waals surface area contributed by atoms with E-state index in [1.165, 1.54) is 18.3 Å². The number of primary amides is 1. The normalized spacial score (nSPS) is 11.9. The van der Waals surface area contributed by atoms with Gasteiger partial charge in [0.1, 0.15) is 32.5 Å². The highest BCUT2D eigenvalue weighted by Gasteiger charge is 2.30. The van der Waals surface area contributed by atoms with Crippen LogP contribution in [0, 0.1) is 6.92 Å². The molecule has 5 rings (SSSR count). The second-order valence-electron chi connectivity index (χ2n) is 9.27. The van der Waals surface area contributed by atoms with E-state index in [2.05, 4.69) is 20.5 Å². The molecule has 10 nitrogen and oxygen atoms in total. The van der Waals surface area contributed by atoms with Gasteiger partial charge in [-0.3, -0.25) is 19.0 Å². The van der Waals surface area contributed by atoms with Crippen molar-refractivity contribution in [2.75, 3.05) is 5.32 Å². The van der Waals surface area contributed by atoms with Crippen LogP contribution in [0.5, 0.6) is 0 Å². The largest absolute Gasteiger partial charge is 0.454 e. The summed E-state index contributed by atoms with van der Waals surface area (Å²) in [6.07, 6.45) is -7.94. The summed E-state index contributed by atoms with van der Waals surface area (Å²) >= 11 is 6.38. The highest BCUT2D eigenvalue weighted by molar-refractivity contribution is 7.21. The van der Waals surface area contributed by atoms with Crippen LogP contribution in [0.3, 0.4) is 0 Å². The third-order valence-electron chi connectivity index (χ3n) is 6.62. The number of amides is 2. The number of pyridine rings is 1. The number of carbonyl (C=O) groups excluding carboxylic acids is 2. The number of carbonyl (C=O) groups is 2. The lowest BCUT2D eigenvalue weighted by molar-refractivity contribution is 0.0994. The van der Waals surface area contributed by atoms with E-state index in [-0.39, 0.29) is 37.9 Å². The summed E-state index contributed by atoms with van der Waals surface area (Å²) in [7, 11) is 0. The summed E-state index contributed by atoms with van der Waals surface area (Å²) in [5, 5.41) is 9.50. The van der Waals surface area contributed by atoms with Crippen LogP contribution in [-0.2, 0) is 13.1 Å². The van der Waals surface area contributed by atoms with Crippen LogP contribution < -0.4 is 11.1 Å². The van der Waals surface area contributed by atoms with Gasteiger partial charge in [-0.15, -0.1) is 11.3 Å². The van der Waals surface area contributed by atoms with Crippen LogP contribution in [-0.4, -0.2) is 36.4 Å². The molecule has 0 radical (unpaired) electrons. The van der Waals surface area contributed by atoms with E-state index in [9.17, 15) is 35.9 Å². The molecule has 44 heavy (non-hydrogen) atoms. The Bertz CT molecular complexity index is 1900. The molecule has 0 aliphatic heterocycles. The summed E-state index contributed by atoms with van der Waals surface area (Å²) in [5.41, 5.74) is 4.18. The van der Waals surface area contributed by atoms with E-state index in [0.29, 0.717) is 33.8 Å². The van der Waals surface area contributed by atoms with E-state index in [1.807, 2.05) is 6.92 Å². The van der Waals surface area contributed by atoms with E-state index < -0.39 is 59.7 Å². The van der Waals surface area contributed by atoms with Gasteiger partial charge in [0, 0.05) is 23.2 Å². The maximum Gasteiger partial charge on any atom is 0.291 e. The van der Waals surface area contributed by atoms with Gasteiger partial charge < -0.3 is 15.5 Å². The summed E-state index contributed by atoms with van der Waals surface area (Å²) in [6.45, 7) is 3.47. The first-order valence-corrected chi connectivity index (χ1v) is 13.8. The second-order valence-corrected chi connectivity index (χ2v) is 10.6. The van der Waals surface area contributed by atoms with Gasteiger partial charge in [0.25, 0.3) is 31.1 Å². The van der Waals surface area contributed by atoms with Gasteiger partial charge in [-0.05, 0) is 37.6 Å². The van der Waals surface area contributed by atoms with Crippen LogP contribution in [0.15, 0.2) is 28.8 Å². The molecular formula is C26H20ClF6N7O3S. The Hall–Kier alpha value is -4.38. The molecule has 3 N–H and O–H groups in total. The Labute approximate surface area is 252 Å². The van der Waals surface area contributed by atoms with Crippen molar-refractivity contribution in [1.29, 1.82) is 0 Å². The van der Waals surface area contributed by atoms with Crippen molar-refractivity contribution in [1.82, 2.24) is 24.5 Å². The van der Waals surface area contributed by atoms with Crippen molar-refractivity contribution in [2.24, 2.45) is 5.73 Å². The van der Waals surface area contributed by atoms with Gasteiger partial charge in [-0.1, -0.05) is 11.6 Å². The van der Waals surface area contributed by atoms with Gasteiger partial charge in [0.15, 0.2) is 5.76 Å². The molecule has 0 saturated heterocycles. The molecule has 0 aliphatic carbocycles. The molecule has 18 heteroatoms. The summed E-state index contributed by atoms with van der Waals surface area (Å²) in [6, 6.07) is 3.54. The molecule has 0 bridgehead atoms. The number of alkyl halides is 6. The fourth-order valence-electron chi connectivity index (χ4n) is 4.61. The number of anilines is 1. The molecule has 0 atom stereocenters. The number of halogens is 7. The Kier molecular flexibility index (Phi) is 8.44. The molecule has 0 saturated carbocycles. The van der Waals surface area contributed by atoms with Crippen molar-refractivity contribution in [3.63, 3.8) is 0 Å². The minimum Gasteiger partial charge on any atom is -0.454 e. The maximum atomic E-state index is 13.8. The lowest BCUT2D eigenvalue weighted by atomic mass is 10.0. The number of nitrogens with zero attached hydrogens (tertiary/aromatic N) is 5. The molecule has 5 heterocycles. The number of nitrogens with one attached hydrogen (secondary N) is 1. The summed E-state index contributed by atoms with van der Waals surface area (Å²) in [4.78, 5) is 29.5. The zero-order valence-electron chi connectivity index (χ0n) is 22.5. The average molecular weight is 660 g/mol. The topological polar surface area (TPSA) is 134 Å². The quantitative estimate of drug-likeness (QED) is 0.153. The van der Waals surface area contributed by atoms with Crippen molar-refractivity contribution in [2.45, 2.75) is 46.2 Å². The molecule has 0 spiro atoms. The number of aryl methyl sites for hydroxylation is 1. The lowest BCUT2D eigenvalue weighted by Crippen LogP contribution is -2.16. The van der Waals surface area contributed by atoms with Crippen molar-refractivity contribution < 1.29 is 40.3 Å². The van der Waals surface area contributed by atoms with Crippen LogP contribution in [0.4, 0.5) is 32.0 Å². The Morgan fingerprint density at radius 1 is 1.09 bits per heavy atom. The van der Waals surface area contributed by atoms with E-state index in [1.54, 1.807) is 11.6 Å². The monoisotopic (exact) mass is 659 g/mol. The molecule has 0 unspecified atom stereocenters. The van der Waals surface area contributed by atoms with Crippen LogP contribution in [0.25, 0.3) is 21.3 Å². The van der Waals surface area contributed by atoms with E-state index in [0.717, 1.165) is 6.07 Å². The van der Waals surface area contributed by atoms with Gasteiger partial charge in [0.2, 0.25) is 0 Å². The molecule has 5 aromatic heterocycles. The number of rotatable bonds is 10. The second kappa shape index (κ2) is 12.0. The van der Waals surface area contributed by atoms with Crippen LogP contribution in [0.2, 0.25) is 5.02 Å². The Morgan fingerprint density at radius 2 is 1.82 bits per heavy atom. The van der Waals surface area contributed by atoms with Crippen LogP contribution >= 0.6 is 22.9 Å². The van der Waals surface area contributed by atoms with Gasteiger partial charge in [-0.2, -0.15) is 10.2 Å². The number of nitrogens with two attached hydrogens (primary N) is 1. The predicted octanol–water partition coefficient (Wildman–Crippen LogP) is 7.14. The minimum atomic E-state index is -3.24. The zero-order valence-corrected chi connectivity index (χ0v) is 24.1. The molecule has 232 valence electrons. The van der Waals surface area contributed by atoms with Gasteiger partial charge in [-0.25, -0.2) is 31.3 Å². The highest BCUT2D eigenvalue weighted by atomic mass is 35.5. The fourth-order valence-corrected chi connectivity index (χ4v) is 5.93. The smallest absolute Gasteiger partial charge is 0.291 e. The SMILES string of the molecule is CCn1ncc(-c2cc(C(F)F)nc3sc(C(N)=O)c(NC(=O)c4ccc(Cn5nc(C(F)F)c(Cl)c5C(F)F)o4)c23)c1C. The Balaban J connectivity index is 1.55. The van der Waals surface area contributed by atoms with Crippen LogP contribution in [0.1, 0.15) is 75.0 Å². The molecular weight excluding hydrogens is 640 g/mol. The number of hydrogen-bond acceptors (Lipinski definition) is 7. The molecule has 2 amide bonds. The molecule has 0 aromatic carbocycles. The summed E-state index contributed by atoms with van der Waals surface area (Å²) in [5.74, 6) is -2.38. The van der Waals surface area contributed by atoms with Crippen molar-refractivity contribution >= 4 is 50.7 Å². The average Bonchev–Trinajstić information content (AvgIpc) is 3.73. The molecule has 0 fully saturated rings. The first-order valence-electron chi connectivity index (χ1n) is 12.6. The first kappa shape index (κ1) is 31.1. The maximum absolute atomic E-state index is 13.8. The third kappa shape index (κ3) is 5.52. The summed E-state index contributed by atoms with van der Waals surface area (Å²) < 4.78 is 88.7. The Morgan fingerprint density at radius 3 is 2.41 bits per heavy atom. The minimum absolute atomic E-state index is 0.00407. The molecule has 0 aliphatic rings. The first-order chi connectivity index (χ1) is 20.8. The lowest BCUT2D eigenvalue weighted by Gasteiger charge is -2.10. The standard InChI is InChI=1S/C26H20ClF6N7O3S/c1-3-39-9(2)12(7-35-39)11-6-13(21(28)29)36-26-15(11)17(20(44-26)24(34)41)37-25(42)14-5-4-10(43-14)8-40-19(23(32)33)16(27)18(38-40)22(30)31/h4-7,21-23H,3,8H2,1-2H3,(H2,34,41)(H,37,42). The number of furan rings is 1. The van der Waals surface area contributed by atoms with E-state index in [4.69, 9.17) is 21.8 Å². The number of thiophene rings is 1. The fraction of sp³-hybridized carbons (Fsp3) is 0.269. The predicted molar refractivity (Wildman–Crippen MR) is 148 cm³/mol. The number of fused-ring (bicyclic) bond motifs is 1. The third-order valence-corrected chi connectivity index (χ3v) is 8.11. The van der Waals surface area contributed by atoms with Crippen molar-refractivity contribution in [3.8, 4) is 11.1 Å². The van der Waals surface area contributed by atoms with E-state index >= 15 is 0 Å². The van der Waals surface area contributed by atoms with Crippen molar-refractivity contribution in [3.05, 3.63) is 68.6 Å².